The zero-order chi connectivity index (χ0) is 16.0. The number of anilines is 1. The standard InChI is InChI=1S/C16H25N3O2/c1-12-7-6-8-15(13(12)2)19(14(3)20)11-16(21)17-9-10-18(4)5/h6-8H,9-11H2,1-5H3,(H,17,21). The van der Waals surface area contributed by atoms with Gasteiger partial charge in [0.1, 0.15) is 6.54 Å². The summed E-state index contributed by atoms with van der Waals surface area (Å²) in [6.45, 7) is 6.83. The first-order valence-electron chi connectivity index (χ1n) is 7.08. The molecule has 0 radical (unpaired) electrons. The molecule has 1 aromatic carbocycles. The molecule has 5 nitrogen and oxygen atoms in total. The minimum Gasteiger partial charge on any atom is -0.353 e. The number of rotatable bonds is 6. The molecule has 1 N–H and O–H groups in total. The number of carbonyl (C=O) groups excluding carboxylic acids is 2. The van der Waals surface area contributed by atoms with Crippen LogP contribution in [-0.4, -0.2) is 50.4 Å². The fourth-order valence-corrected chi connectivity index (χ4v) is 2.01. The van der Waals surface area contributed by atoms with Crippen LogP contribution in [0.1, 0.15) is 18.1 Å². The van der Waals surface area contributed by atoms with Crippen molar-refractivity contribution in [2.24, 2.45) is 0 Å². The van der Waals surface area contributed by atoms with Crippen LogP contribution in [-0.2, 0) is 9.59 Å². The van der Waals surface area contributed by atoms with Crippen LogP contribution in [0.15, 0.2) is 18.2 Å². The summed E-state index contributed by atoms with van der Waals surface area (Å²) in [7, 11) is 3.90. The van der Waals surface area contributed by atoms with Gasteiger partial charge in [-0.2, -0.15) is 0 Å². The van der Waals surface area contributed by atoms with Gasteiger partial charge in [0.2, 0.25) is 11.8 Å². The monoisotopic (exact) mass is 291 g/mol. The molecule has 0 bridgehead atoms. The summed E-state index contributed by atoms with van der Waals surface area (Å²) in [6.07, 6.45) is 0. The second kappa shape index (κ2) is 7.78. The predicted molar refractivity (Wildman–Crippen MR) is 85.5 cm³/mol. The lowest BCUT2D eigenvalue weighted by Crippen LogP contribution is -2.42. The van der Waals surface area contributed by atoms with E-state index in [0.717, 1.165) is 23.4 Å². The quantitative estimate of drug-likeness (QED) is 0.860. The number of likely N-dealkylation sites (N-methyl/N-ethyl adjacent to an activating group) is 1. The van der Waals surface area contributed by atoms with E-state index in [1.807, 2.05) is 51.0 Å². The molecule has 1 rings (SSSR count). The van der Waals surface area contributed by atoms with E-state index >= 15 is 0 Å². The van der Waals surface area contributed by atoms with Crippen molar-refractivity contribution in [1.82, 2.24) is 10.2 Å². The largest absolute Gasteiger partial charge is 0.353 e. The van der Waals surface area contributed by atoms with E-state index in [2.05, 4.69) is 5.32 Å². The van der Waals surface area contributed by atoms with E-state index in [0.29, 0.717) is 6.54 Å². The third-order valence-corrected chi connectivity index (χ3v) is 3.43. The van der Waals surface area contributed by atoms with Crippen LogP contribution < -0.4 is 10.2 Å². The van der Waals surface area contributed by atoms with Gasteiger partial charge in [-0.3, -0.25) is 9.59 Å². The number of nitrogens with one attached hydrogen (secondary N) is 1. The van der Waals surface area contributed by atoms with E-state index in [4.69, 9.17) is 0 Å². The number of hydrogen-bond donors (Lipinski definition) is 1. The van der Waals surface area contributed by atoms with Crippen molar-refractivity contribution in [2.75, 3.05) is 38.6 Å². The van der Waals surface area contributed by atoms with Crippen molar-refractivity contribution in [3.05, 3.63) is 29.3 Å². The van der Waals surface area contributed by atoms with E-state index in [1.165, 1.54) is 11.8 Å². The molecule has 0 fully saturated rings. The highest BCUT2D eigenvalue weighted by atomic mass is 16.2. The Bertz CT molecular complexity index is 512. The first-order valence-corrected chi connectivity index (χ1v) is 7.08. The van der Waals surface area contributed by atoms with Gasteiger partial charge in [-0.15, -0.1) is 0 Å². The summed E-state index contributed by atoms with van der Waals surface area (Å²) in [5, 5.41) is 2.83. The number of hydrogen-bond acceptors (Lipinski definition) is 3. The third-order valence-electron chi connectivity index (χ3n) is 3.43. The van der Waals surface area contributed by atoms with Crippen LogP contribution in [0.3, 0.4) is 0 Å². The zero-order valence-electron chi connectivity index (χ0n) is 13.6. The van der Waals surface area contributed by atoms with Crippen LogP contribution >= 0.6 is 0 Å². The SMILES string of the molecule is CC(=O)N(CC(=O)NCCN(C)C)c1cccc(C)c1C. The molecule has 0 saturated heterocycles. The molecule has 0 aromatic heterocycles. The molecule has 0 atom stereocenters. The van der Waals surface area contributed by atoms with Gasteiger partial charge in [-0.1, -0.05) is 12.1 Å². The highest BCUT2D eigenvalue weighted by Gasteiger charge is 2.17. The maximum atomic E-state index is 12.0. The highest BCUT2D eigenvalue weighted by molar-refractivity contribution is 5.98. The first-order chi connectivity index (χ1) is 9.82. The molecule has 0 saturated carbocycles. The molecule has 21 heavy (non-hydrogen) atoms. The van der Waals surface area contributed by atoms with Crippen molar-refractivity contribution in [2.45, 2.75) is 20.8 Å². The molecule has 0 unspecified atom stereocenters. The average molecular weight is 291 g/mol. The molecule has 0 aliphatic rings. The Kier molecular flexibility index (Phi) is 6.37. The molecule has 1 aromatic rings. The summed E-state index contributed by atoms with van der Waals surface area (Å²) in [6, 6.07) is 5.77. The van der Waals surface area contributed by atoms with Crippen molar-refractivity contribution >= 4 is 17.5 Å². The summed E-state index contributed by atoms with van der Waals surface area (Å²) in [4.78, 5) is 27.4. The normalized spacial score (nSPS) is 10.6. The van der Waals surface area contributed by atoms with Crippen LogP contribution in [0.5, 0.6) is 0 Å². The second-order valence-electron chi connectivity index (χ2n) is 5.48. The minimum absolute atomic E-state index is 0.0487. The number of aryl methyl sites for hydroxylation is 1. The number of carbonyl (C=O) groups is 2. The molecular formula is C16H25N3O2. The molecular weight excluding hydrogens is 266 g/mol. The Balaban J connectivity index is 2.77. The lowest BCUT2D eigenvalue weighted by molar-refractivity contribution is -0.123. The second-order valence-corrected chi connectivity index (χ2v) is 5.48. The summed E-state index contributed by atoms with van der Waals surface area (Å²) in [5.41, 5.74) is 2.92. The third kappa shape index (κ3) is 5.19. The van der Waals surface area contributed by atoms with Gasteiger partial charge in [-0.25, -0.2) is 0 Å². The topological polar surface area (TPSA) is 52.7 Å². The van der Waals surface area contributed by atoms with E-state index < -0.39 is 0 Å². The first kappa shape index (κ1) is 17.2. The van der Waals surface area contributed by atoms with Gasteiger partial charge in [0, 0.05) is 25.7 Å². The van der Waals surface area contributed by atoms with Gasteiger partial charge in [0.25, 0.3) is 0 Å². The number of amides is 2. The number of benzene rings is 1. The molecule has 116 valence electrons. The lowest BCUT2D eigenvalue weighted by Gasteiger charge is -2.23. The van der Waals surface area contributed by atoms with Crippen molar-refractivity contribution in [3.63, 3.8) is 0 Å². The smallest absolute Gasteiger partial charge is 0.240 e. The molecule has 5 heteroatoms. The molecule has 0 aliphatic carbocycles. The fraction of sp³-hybridized carbons (Fsp3) is 0.500. The van der Waals surface area contributed by atoms with Crippen molar-refractivity contribution in [3.8, 4) is 0 Å². The minimum atomic E-state index is -0.145. The Morgan fingerprint density at radius 3 is 2.43 bits per heavy atom. The fourth-order valence-electron chi connectivity index (χ4n) is 2.01. The Morgan fingerprint density at radius 2 is 1.86 bits per heavy atom. The van der Waals surface area contributed by atoms with Crippen LogP contribution in [0, 0.1) is 13.8 Å². The zero-order valence-corrected chi connectivity index (χ0v) is 13.6. The summed E-state index contributed by atoms with van der Waals surface area (Å²) >= 11 is 0. The number of nitrogens with zero attached hydrogens (tertiary/aromatic N) is 2. The average Bonchev–Trinajstić information content (AvgIpc) is 2.39. The highest BCUT2D eigenvalue weighted by Crippen LogP contribution is 2.22. The van der Waals surface area contributed by atoms with Gasteiger partial charge in [0.15, 0.2) is 0 Å². The Labute approximate surface area is 126 Å². The summed E-state index contributed by atoms with van der Waals surface area (Å²) in [5.74, 6) is -0.278. The van der Waals surface area contributed by atoms with Gasteiger partial charge in [-0.05, 0) is 45.1 Å². The van der Waals surface area contributed by atoms with Gasteiger partial charge in [0.05, 0.1) is 0 Å². The lowest BCUT2D eigenvalue weighted by atomic mass is 10.1. The maximum Gasteiger partial charge on any atom is 0.240 e. The van der Waals surface area contributed by atoms with E-state index in [-0.39, 0.29) is 18.4 Å². The molecule has 0 spiro atoms. The van der Waals surface area contributed by atoms with Crippen molar-refractivity contribution in [1.29, 1.82) is 0 Å². The van der Waals surface area contributed by atoms with E-state index in [9.17, 15) is 9.59 Å². The molecule has 0 aliphatic heterocycles. The Morgan fingerprint density at radius 1 is 1.19 bits per heavy atom. The van der Waals surface area contributed by atoms with Crippen LogP contribution in [0.2, 0.25) is 0 Å². The van der Waals surface area contributed by atoms with Crippen molar-refractivity contribution < 1.29 is 9.59 Å². The molecule has 0 heterocycles. The Hall–Kier alpha value is -1.88. The van der Waals surface area contributed by atoms with Gasteiger partial charge < -0.3 is 15.1 Å². The summed E-state index contributed by atoms with van der Waals surface area (Å²) < 4.78 is 0. The van der Waals surface area contributed by atoms with Crippen LogP contribution in [0.4, 0.5) is 5.69 Å². The van der Waals surface area contributed by atoms with Crippen LogP contribution in [0.25, 0.3) is 0 Å². The van der Waals surface area contributed by atoms with E-state index in [1.54, 1.807) is 0 Å². The predicted octanol–water partition coefficient (Wildman–Crippen LogP) is 1.33. The maximum absolute atomic E-state index is 12.0. The van der Waals surface area contributed by atoms with Gasteiger partial charge >= 0.3 is 0 Å². The molecule has 2 amide bonds.